The molecule has 136 valence electrons. The van der Waals surface area contributed by atoms with Crippen molar-refractivity contribution < 1.29 is 14.3 Å². The molecule has 1 aliphatic carbocycles. The van der Waals surface area contributed by atoms with E-state index in [0.717, 1.165) is 35.5 Å². The van der Waals surface area contributed by atoms with E-state index in [0.29, 0.717) is 16.9 Å². The fraction of sp³-hybridized carbons (Fsp3) is 0.389. The fourth-order valence-electron chi connectivity index (χ4n) is 3.73. The van der Waals surface area contributed by atoms with Gasteiger partial charge in [-0.25, -0.2) is 9.78 Å². The number of fused-ring (bicyclic) bond motifs is 3. The molecule has 0 bridgehead atoms. The summed E-state index contributed by atoms with van der Waals surface area (Å²) in [4.78, 5) is 32.5. The summed E-state index contributed by atoms with van der Waals surface area (Å²) in [5.74, 6) is 0.768. The molecule has 2 N–H and O–H groups in total. The van der Waals surface area contributed by atoms with Gasteiger partial charge < -0.3 is 19.4 Å². The molecule has 26 heavy (non-hydrogen) atoms. The number of furan rings is 1. The maximum atomic E-state index is 12.5. The van der Waals surface area contributed by atoms with Gasteiger partial charge in [0, 0.05) is 28.9 Å². The second-order valence-electron chi connectivity index (χ2n) is 6.77. The highest BCUT2D eigenvalue weighted by Crippen LogP contribution is 2.34. The summed E-state index contributed by atoms with van der Waals surface area (Å²) in [6, 6.07) is 5.59. The van der Waals surface area contributed by atoms with Gasteiger partial charge in [-0.15, -0.1) is 0 Å². The van der Waals surface area contributed by atoms with Crippen molar-refractivity contribution in [1.29, 1.82) is 0 Å². The smallest absolute Gasteiger partial charge is 0.407 e. The summed E-state index contributed by atoms with van der Waals surface area (Å²) >= 11 is 3.44. The Kier molecular flexibility index (Phi) is 4.22. The van der Waals surface area contributed by atoms with Gasteiger partial charge in [-0.2, -0.15) is 0 Å². The van der Waals surface area contributed by atoms with Gasteiger partial charge in [0.25, 0.3) is 5.56 Å². The molecule has 0 atom stereocenters. The quantitative estimate of drug-likeness (QED) is 0.651. The Morgan fingerprint density at radius 1 is 1.35 bits per heavy atom. The van der Waals surface area contributed by atoms with E-state index in [9.17, 15) is 9.59 Å². The second kappa shape index (κ2) is 6.42. The van der Waals surface area contributed by atoms with Crippen LogP contribution in [0.1, 0.15) is 37.4 Å². The molecule has 2 aromatic heterocycles. The second-order valence-corrected chi connectivity index (χ2v) is 7.69. The summed E-state index contributed by atoms with van der Waals surface area (Å²) < 4.78 is 6.55. The molecule has 1 amide bonds. The highest BCUT2D eigenvalue weighted by Gasteiger charge is 2.29. The summed E-state index contributed by atoms with van der Waals surface area (Å²) in [7, 11) is 1.61. The van der Waals surface area contributed by atoms with Crippen LogP contribution >= 0.6 is 15.9 Å². The van der Waals surface area contributed by atoms with Crippen molar-refractivity contribution in [2.24, 2.45) is 0 Å². The van der Waals surface area contributed by atoms with E-state index < -0.39 is 6.09 Å². The molecular formula is C18H18BrN3O4. The third-order valence-electron chi connectivity index (χ3n) is 5.24. The Labute approximate surface area is 157 Å². The minimum atomic E-state index is -0.906. The zero-order chi connectivity index (χ0) is 18.4. The number of hydrogen-bond donors (Lipinski definition) is 2. The SMILES string of the molecule is CN(C(=O)O)C1CCC(c2nc3c(oc4ccc(Br)cc43)c(=O)[nH]2)CC1. The third kappa shape index (κ3) is 2.88. The Morgan fingerprint density at radius 2 is 2.08 bits per heavy atom. The lowest BCUT2D eigenvalue weighted by Crippen LogP contribution is -2.38. The molecular weight excluding hydrogens is 402 g/mol. The number of halogens is 1. The highest BCUT2D eigenvalue weighted by molar-refractivity contribution is 9.10. The first-order chi connectivity index (χ1) is 12.4. The van der Waals surface area contributed by atoms with Gasteiger partial charge in [0.05, 0.1) is 0 Å². The van der Waals surface area contributed by atoms with Gasteiger partial charge in [-0.1, -0.05) is 15.9 Å². The van der Waals surface area contributed by atoms with E-state index in [4.69, 9.17) is 14.5 Å². The van der Waals surface area contributed by atoms with Crippen LogP contribution in [0.4, 0.5) is 4.79 Å². The van der Waals surface area contributed by atoms with Crippen LogP contribution < -0.4 is 5.56 Å². The normalized spacial score (nSPS) is 20.5. The van der Waals surface area contributed by atoms with Crippen LogP contribution in [0.3, 0.4) is 0 Å². The zero-order valence-corrected chi connectivity index (χ0v) is 15.7. The first-order valence-corrected chi connectivity index (χ1v) is 9.31. The number of amides is 1. The van der Waals surface area contributed by atoms with Crippen LogP contribution in [0.15, 0.2) is 31.9 Å². The summed E-state index contributed by atoms with van der Waals surface area (Å²) in [5.41, 5.74) is 1.17. The number of carboxylic acid groups (broad SMARTS) is 1. The van der Waals surface area contributed by atoms with Crippen molar-refractivity contribution in [3.8, 4) is 0 Å². The van der Waals surface area contributed by atoms with Crippen molar-refractivity contribution in [1.82, 2.24) is 14.9 Å². The Bertz CT molecular complexity index is 1050. The van der Waals surface area contributed by atoms with Crippen LogP contribution in [0.25, 0.3) is 22.1 Å². The summed E-state index contributed by atoms with van der Waals surface area (Å²) in [6.07, 6.45) is 2.18. The lowest BCUT2D eigenvalue weighted by Gasteiger charge is -2.32. The molecule has 0 unspecified atom stereocenters. The van der Waals surface area contributed by atoms with Crippen molar-refractivity contribution in [3.63, 3.8) is 0 Å². The van der Waals surface area contributed by atoms with Crippen molar-refractivity contribution >= 4 is 44.1 Å². The lowest BCUT2D eigenvalue weighted by atomic mass is 9.85. The highest BCUT2D eigenvalue weighted by atomic mass is 79.9. The van der Waals surface area contributed by atoms with E-state index >= 15 is 0 Å². The molecule has 0 aliphatic heterocycles. The predicted molar refractivity (Wildman–Crippen MR) is 101 cm³/mol. The van der Waals surface area contributed by atoms with Gasteiger partial charge in [0.2, 0.25) is 5.58 Å². The number of hydrogen-bond acceptors (Lipinski definition) is 4. The monoisotopic (exact) mass is 419 g/mol. The fourth-order valence-corrected chi connectivity index (χ4v) is 4.09. The number of aromatic amines is 1. The van der Waals surface area contributed by atoms with E-state index in [-0.39, 0.29) is 23.1 Å². The van der Waals surface area contributed by atoms with Gasteiger partial charge >= 0.3 is 6.09 Å². The average molecular weight is 420 g/mol. The number of nitrogens with one attached hydrogen (secondary N) is 1. The van der Waals surface area contributed by atoms with Gasteiger partial charge in [-0.3, -0.25) is 4.79 Å². The predicted octanol–water partition coefficient (Wildman–Crippen LogP) is 4.07. The molecule has 0 spiro atoms. The Hall–Kier alpha value is -2.35. The van der Waals surface area contributed by atoms with Gasteiger partial charge in [0.15, 0.2) is 0 Å². The zero-order valence-electron chi connectivity index (χ0n) is 14.2. The molecule has 1 aromatic carbocycles. The molecule has 0 saturated heterocycles. The van der Waals surface area contributed by atoms with Crippen molar-refractivity contribution in [2.75, 3.05) is 7.05 Å². The average Bonchev–Trinajstić information content (AvgIpc) is 3.00. The maximum absolute atomic E-state index is 12.5. The van der Waals surface area contributed by atoms with Crippen LogP contribution in [0.2, 0.25) is 0 Å². The van der Waals surface area contributed by atoms with Crippen LogP contribution in [-0.2, 0) is 0 Å². The molecule has 0 radical (unpaired) electrons. The first kappa shape index (κ1) is 17.1. The molecule has 1 fully saturated rings. The Balaban J connectivity index is 1.68. The van der Waals surface area contributed by atoms with Crippen molar-refractivity contribution in [2.45, 2.75) is 37.6 Å². The first-order valence-electron chi connectivity index (χ1n) is 8.52. The van der Waals surface area contributed by atoms with Gasteiger partial charge in [0.1, 0.15) is 16.9 Å². The minimum Gasteiger partial charge on any atom is -0.465 e. The minimum absolute atomic E-state index is 0.0184. The molecule has 1 saturated carbocycles. The Morgan fingerprint density at radius 3 is 2.77 bits per heavy atom. The number of benzene rings is 1. The van der Waals surface area contributed by atoms with Crippen LogP contribution in [-0.4, -0.2) is 39.2 Å². The van der Waals surface area contributed by atoms with Gasteiger partial charge in [-0.05, 0) is 43.9 Å². The number of rotatable bonds is 2. The lowest BCUT2D eigenvalue weighted by molar-refractivity contribution is 0.123. The summed E-state index contributed by atoms with van der Waals surface area (Å²) in [5, 5.41) is 9.93. The molecule has 3 aromatic rings. The molecule has 2 heterocycles. The van der Waals surface area contributed by atoms with Crippen molar-refractivity contribution in [3.05, 3.63) is 38.9 Å². The molecule has 4 rings (SSSR count). The molecule has 1 aliphatic rings. The van der Waals surface area contributed by atoms with E-state index in [1.54, 1.807) is 7.05 Å². The number of aromatic nitrogens is 2. The largest absolute Gasteiger partial charge is 0.465 e. The third-order valence-corrected chi connectivity index (χ3v) is 5.73. The van der Waals surface area contributed by atoms with E-state index in [2.05, 4.69) is 20.9 Å². The topological polar surface area (TPSA) is 99.4 Å². The number of H-pyrrole nitrogens is 1. The molecule has 8 heteroatoms. The van der Waals surface area contributed by atoms with Crippen LogP contribution in [0, 0.1) is 0 Å². The number of carbonyl (C=O) groups is 1. The van der Waals surface area contributed by atoms with Crippen LogP contribution in [0.5, 0.6) is 0 Å². The maximum Gasteiger partial charge on any atom is 0.407 e. The van der Waals surface area contributed by atoms with E-state index in [1.165, 1.54) is 4.90 Å². The molecule has 7 nitrogen and oxygen atoms in total. The number of nitrogens with zero attached hydrogens (tertiary/aromatic N) is 2. The van der Waals surface area contributed by atoms with E-state index in [1.807, 2.05) is 18.2 Å². The summed E-state index contributed by atoms with van der Waals surface area (Å²) in [6.45, 7) is 0. The standard InChI is InChI=1S/C18H18BrN3O4/c1-22(18(24)25)11-5-2-9(3-6-11)16-20-14-12-8-10(19)4-7-13(12)26-15(14)17(23)21-16/h4,7-9,11H,2-3,5-6H2,1H3,(H,24,25)(H,20,21,23).